The van der Waals surface area contributed by atoms with Gasteiger partial charge in [0.15, 0.2) is 5.92 Å². The first-order valence-electron chi connectivity index (χ1n) is 10.1. The van der Waals surface area contributed by atoms with Crippen LogP contribution in [0.3, 0.4) is 0 Å². The summed E-state index contributed by atoms with van der Waals surface area (Å²) in [6.07, 6.45) is -0.702. The van der Waals surface area contributed by atoms with Gasteiger partial charge in [0.25, 0.3) is 0 Å². The van der Waals surface area contributed by atoms with Crippen molar-refractivity contribution in [1.82, 2.24) is 5.32 Å². The minimum Gasteiger partial charge on any atom is -0.480 e. The Hall–Kier alpha value is -3.86. The van der Waals surface area contributed by atoms with Crippen LogP contribution >= 0.6 is 0 Å². The molecule has 2 aliphatic heterocycles. The van der Waals surface area contributed by atoms with Crippen molar-refractivity contribution in [1.29, 1.82) is 10.5 Å². The average molecular weight is 443 g/mol. The Morgan fingerprint density at radius 2 is 2.16 bits per heavy atom. The predicted octanol–water partition coefficient (Wildman–Crippen LogP) is 1.62. The molecule has 2 N–H and O–H groups in total. The number of halogens is 1. The molecular formula is C21H22FN5O5. The van der Waals surface area contributed by atoms with Crippen molar-refractivity contribution >= 4 is 29.3 Å². The highest BCUT2D eigenvalue weighted by Crippen LogP contribution is 2.35. The molecule has 0 radical (unpaired) electrons. The van der Waals surface area contributed by atoms with Crippen LogP contribution < -0.4 is 15.1 Å². The van der Waals surface area contributed by atoms with Gasteiger partial charge < -0.3 is 20.1 Å². The summed E-state index contributed by atoms with van der Waals surface area (Å²) < 4.78 is 20.3. The van der Waals surface area contributed by atoms with Crippen molar-refractivity contribution in [2.45, 2.75) is 31.9 Å². The number of nitriles is 2. The summed E-state index contributed by atoms with van der Waals surface area (Å²) in [5, 5.41) is 30.6. The van der Waals surface area contributed by atoms with Crippen LogP contribution in [0.4, 0.5) is 20.6 Å². The van der Waals surface area contributed by atoms with Crippen LogP contribution in [-0.2, 0) is 14.3 Å². The first-order valence-corrected chi connectivity index (χ1v) is 10.1. The van der Waals surface area contributed by atoms with E-state index in [0.29, 0.717) is 6.42 Å². The summed E-state index contributed by atoms with van der Waals surface area (Å²) in [6.45, 7) is 1.83. The molecule has 2 aliphatic rings. The summed E-state index contributed by atoms with van der Waals surface area (Å²) >= 11 is 0. The number of benzene rings is 1. The van der Waals surface area contributed by atoms with Crippen LogP contribution in [-0.4, -0.2) is 54.9 Å². The fourth-order valence-electron chi connectivity index (χ4n) is 4.03. The van der Waals surface area contributed by atoms with Crippen molar-refractivity contribution < 1.29 is 28.6 Å². The van der Waals surface area contributed by atoms with Gasteiger partial charge in [-0.05, 0) is 31.0 Å². The van der Waals surface area contributed by atoms with Crippen LogP contribution in [0.2, 0.25) is 0 Å². The largest absolute Gasteiger partial charge is 0.480 e. The fraction of sp³-hybridized carbons (Fsp3) is 0.476. The Bertz CT molecular complexity index is 1000. The average Bonchev–Trinajstić information content (AvgIpc) is 3.13. The molecule has 4 atom stereocenters. The zero-order chi connectivity index (χ0) is 23.4. The van der Waals surface area contributed by atoms with Crippen LogP contribution in [0.1, 0.15) is 19.8 Å². The summed E-state index contributed by atoms with van der Waals surface area (Å²) in [5.41, 5.74) is 0.346. The molecule has 11 heteroatoms. The molecular weight excluding hydrogens is 421 g/mol. The molecule has 10 nitrogen and oxygen atoms in total. The van der Waals surface area contributed by atoms with E-state index in [1.54, 1.807) is 6.07 Å². The van der Waals surface area contributed by atoms with Crippen LogP contribution in [0.25, 0.3) is 0 Å². The number of aliphatic carboxylic acids is 1. The molecule has 3 rings (SSSR count). The number of piperidine rings is 1. The third-order valence-corrected chi connectivity index (χ3v) is 5.62. The number of nitrogens with zero attached hydrogens (tertiary/aromatic N) is 4. The maximum atomic E-state index is 15.1. The topological polar surface area (TPSA) is 147 Å². The lowest BCUT2D eigenvalue weighted by Crippen LogP contribution is -2.49. The second-order valence-electron chi connectivity index (χ2n) is 7.75. The number of rotatable bonds is 6. The van der Waals surface area contributed by atoms with Crippen LogP contribution in [0, 0.1) is 40.3 Å². The molecule has 0 saturated carbocycles. The summed E-state index contributed by atoms with van der Waals surface area (Å²) in [6, 6.07) is 7.07. The Kier molecular flexibility index (Phi) is 6.79. The quantitative estimate of drug-likeness (QED) is 0.674. The maximum Gasteiger partial charge on any atom is 0.414 e. The van der Waals surface area contributed by atoms with Crippen molar-refractivity contribution in [3.8, 4) is 12.1 Å². The highest BCUT2D eigenvalue weighted by Gasteiger charge is 2.39. The monoisotopic (exact) mass is 443 g/mol. The van der Waals surface area contributed by atoms with E-state index in [-0.39, 0.29) is 43.3 Å². The second kappa shape index (κ2) is 9.52. The SMILES string of the molecule is CC(=O)NCC1CN(c2ccc(N3CCC(C#N)CC3C(C#N)C(=O)O)c(F)c2)C(=O)O1. The normalized spacial score (nSPS) is 23.6. The Balaban J connectivity index is 1.83. The minimum absolute atomic E-state index is 0.0963. The number of hydrogen-bond donors (Lipinski definition) is 2. The molecule has 2 amide bonds. The van der Waals surface area contributed by atoms with E-state index < -0.39 is 41.9 Å². The van der Waals surface area contributed by atoms with E-state index in [4.69, 9.17) is 4.74 Å². The van der Waals surface area contributed by atoms with Gasteiger partial charge in [0.1, 0.15) is 11.9 Å². The maximum absolute atomic E-state index is 15.1. The number of cyclic esters (lactones) is 1. The Morgan fingerprint density at radius 1 is 1.41 bits per heavy atom. The van der Waals surface area contributed by atoms with Gasteiger partial charge in [-0.2, -0.15) is 10.5 Å². The Labute approximate surface area is 183 Å². The number of carbonyl (C=O) groups excluding carboxylic acids is 2. The number of hydrogen-bond acceptors (Lipinski definition) is 7. The van der Waals surface area contributed by atoms with Crippen molar-refractivity contribution in [3.05, 3.63) is 24.0 Å². The zero-order valence-corrected chi connectivity index (χ0v) is 17.3. The first kappa shape index (κ1) is 22.8. The van der Waals surface area contributed by atoms with Crippen molar-refractivity contribution in [3.63, 3.8) is 0 Å². The van der Waals surface area contributed by atoms with Gasteiger partial charge in [0, 0.05) is 13.5 Å². The predicted molar refractivity (Wildman–Crippen MR) is 109 cm³/mol. The number of carbonyl (C=O) groups is 3. The molecule has 0 aromatic heterocycles. The van der Waals surface area contributed by atoms with Gasteiger partial charge in [0.2, 0.25) is 5.91 Å². The Morgan fingerprint density at radius 3 is 2.75 bits per heavy atom. The fourth-order valence-corrected chi connectivity index (χ4v) is 4.03. The number of carboxylic acids is 1. The number of amides is 2. The van der Waals surface area contributed by atoms with E-state index >= 15 is 4.39 Å². The third kappa shape index (κ3) is 4.72. The van der Waals surface area contributed by atoms with E-state index in [9.17, 15) is 30.0 Å². The van der Waals surface area contributed by atoms with Crippen molar-refractivity contribution in [2.24, 2.45) is 11.8 Å². The van der Waals surface area contributed by atoms with Gasteiger partial charge >= 0.3 is 12.1 Å². The molecule has 168 valence electrons. The summed E-state index contributed by atoms with van der Waals surface area (Å²) in [4.78, 5) is 37.5. The van der Waals surface area contributed by atoms with Crippen molar-refractivity contribution in [2.75, 3.05) is 29.4 Å². The lowest BCUT2D eigenvalue weighted by Gasteiger charge is -2.40. The van der Waals surface area contributed by atoms with Gasteiger partial charge in [-0.25, -0.2) is 9.18 Å². The molecule has 0 spiro atoms. The van der Waals surface area contributed by atoms with E-state index in [2.05, 4.69) is 11.4 Å². The van der Waals surface area contributed by atoms with E-state index in [1.165, 1.54) is 28.9 Å². The van der Waals surface area contributed by atoms with Gasteiger partial charge in [0.05, 0.1) is 48.6 Å². The number of carboxylic acid groups (broad SMARTS) is 1. The third-order valence-electron chi connectivity index (χ3n) is 5.62. The summed E-state index contributed by atoms with van der Waals surface area (Å²) in [5.74, 6) is -4.13. The van der Waals surface area contributed by atoms with Gasteiger partial charge in [-0.15, -0.1) is 0 Å². The highest BCUT2D eigenvalue weighted by atomic mass is 19.1. The van der Waals surface area contributed by atoms with Gasteiger partial charge in [-0.1, -0.05) is 0 Å². The lowest BCUT2D eigenvalue weighted by molar-refractivity contribution is -0.140. The van der Waals surface area contributed by atoms with E-state index in [1.807, 2.05) is 0 Å². The molecule has 2 fully saturated rings. The van der Waals surface area contributed by atoms with Crippen LogP contribution in [0.5, 0.6) is 0 Å². The van der Waals surface area contributed by atoms with Crippen LogP contribution in [0.15, 0.2) is 18.2 Å². The molecule has 4 unspecified atom stereocenters. The molecule has 2 saturated heterocycles. The minimum atomic E-state index is -1.42. The molecule has 0 bridgehead atoms. The standard InChI is InChI=1S/C21H22FN5O5/c1-12(28)25-10-15-11-27(21(31)32-15)14-2-3-18(17(22)7-14)26-5-4-13(8-23)6-19(26)16(9-24)20(29)30/h2-3,7,13,15-16,19H,4-6,10-11H2,1H3,(H,25,28)(H,29,30). The number of nitrogens with one attached hydrogen (secondary N) is 1. The van der Waals surface area contributed by atoms with Gasteiger partial charge in [-0.3, -0.25) is 14.5 Å². The molecule has 2 heterocycles. The van der Waals surface area contributed by atoms with E-state index in [0.717, 1.165) is 6.07 Å². The number of ether oxygens (including phenoxy) is 1. The number of anilines is 2. The molecule has 1 aromatic carbocycles. The second-order valence-corrected chi connectivity index (χ2v) is 7.75. The molecule has 32 heavy (non-hydrogen) atoms. The smallest absolute Gasteiger partial charge is 0.414 e. The highest BCUT2D eigenvalue weighted by molar-refractivity contribution is 5.90. The molecule has 0 aliphatic carbocycles. The summed E-state index contributed by atoms with van der Waals surface area (Å²) in [7, 11) is 0. The zero-order valence-electron chi connectivity index (χ0n) is 17.3. The first-order chi connectivity index (χ1) is 15.2. The molecule has 1 aromatic rings. The lowest BCUT2D eigenvalue weighted by atomic mass is 9.84.